The molecule has 10 heteroatoms. The highest BCUT2D eigenvalue weighted by Gasteiger charge is 2.40. The number of ether oxygens (including phenoxy) is 2. The fourth-order valence-corrected chi connectivity index (χ4v) is 5.23. The summed E-state index contributed by atoms with van der Waals surface area (Å²) in [6.45, 7) is 3.61. The third-order valence-electron chi connectivity index (χ3n) is 6.42. The largest absolute Gasteiger partial charge is 0.493 e. The van der Waals surface area contributed by atoms with Gasteiger partial charge < -0.3 is 35.0 Å². The topological polar surface area (TPSA) is 129 Å². The second-order valence-electron chi connectivity index (χ2n) is 9.12. The quantitative estimate of drug-likeness (QED) is 0.194. The van der Waals surface area contributed by atoms with Gasteiger partial charge in [0.2, 0.25) is 11.8 Å². The summed E-state index contributed by atoms with van der Waals surface area (Å²) >= 11 is 2.06. The van der Waals surface area contributed by atoms with E-state index >= 15 is 0 Å². The van der Waals surface area contributed by atoms with Gasteiger partial charge in [-0.3, -0.25) is 9.59 Å². The molecule has 1 aliphatic carbocycles. The highest BCUT2D eigenvalue weighted by Crippen LogP contribution is 2.37. The summed E-state index contributed by atoms with van der Waals surface area (Å²) in [5, 5.41) is 33.0. The van der Waals surface area contributed by atoms with Crippen LogP contribution in [0.5, 0.6) is 11.5 Å². The van der Waals surface area contributed by atoms with Crippen LogP contribution in [0, 0.1) is 3.57 Å². The van der Waals surface area contributed by atoms with Gasteiger partial charge in [-0.2, -0.15) is 0 Å². The second kappa shape index (κ2) is 15.0. The molecule has 2 aromatic carbocycles. The number of nitrogens with zero attached hydrogens (tertiary/aromatic N) is 1. The average Bonchev–Trinajstić information content (AvgIpc) is 2.95. The molecule has 39 heavy (non-hydrogen) atoms. The maximum absolute atomic E-state index is 13.4. The number of carbonyl (C=O) groups excluding carboxylic acids is 2. The van der Waals surface area contributed by atoms with Gasteiger partial charge in [-0.25, -0.2) is 0 Å². The minimum absolute atomic E-state index is 0.0647. The Balaban J connectivity index is 2.02. The van der Waals surface area contributed by atoms with E-state index < -0.39 is 24.2 Å². The number of methoxy groups -OCH3 is 1. The summed E-state index contributed by atoms with van der Waals surface area (Å²) in [5.41, 5.74) is 1.84. The third-order valence-corrected chi connectivity index (χ3v) is 7.22. The van der Waals surface area contributed by atoms with E-state index in [1.54, 1.807) is 29.2 Å². The number of hydrogen-bond donors (Lipinski definition) is 4. The molecule has 0 saturated carbocycles. The van der Waals surface area contributed by atoms with E-state index in [-0.39, 0.29) is 45.1 Å². The predicted octanol–water partition coefficient (Wildman–Crippen LogP) is 2.70. The lowest BCUT2D eigenvalue weighted by molar-refractivity contribution is -0.139. The number of benzene rings is 2. The monoisotopic (exact) mass is 650 g/mol. The molecule has 2 amide bonds. The third kappa shape index (κ3) is 8.04. The minimum Gasteiger partial charge on any atom is -0.493 e. The van der Waals surface area contributed by atoms with Crippen molar-refractivity contribution in [2.24, 2.45) is 0 Å². The number of nitrogens with one attached hydrogen (secondary N) is 1. The molecule has 4 N–H and O–H groups in total. The van der Waals surface area contributed by atoms with E-state index in [1.165, 1.54) is 7.11 Å². The van der Waals surface area contributed by atoms with E-state index in [0.717, 1.165) is 5.56 Å². The summed E-state index contributed by atoms with van der Waals surface area (Å²) < 4.78 is 12.4. The molecule has 0 spiro atoms. The molecule has 0 aromatic heterocycles. The predicted molar refractivity (Wildman–Crippen MR) is 155 cm³/mol. The first-order valence-corrected chi connectivity index (χ1v) is 13.8. The van der Waals surface area contributed by atoms with Crippen molar-refractivity contribution in [1.29, 1.82) is 0 Å². The fourth-order valence-electron chi connectivity index (χ4n) is 4.43. The SMILES string of the molecule is C=CCCC(=O)N(Cc1ccccc1)C1CC(C(=O)NCCO)=CC(Oc2c(I)cc(CO)cc2OC)C1O. The van der Waals surface area contributed by atoms with Crippen LogP contribution >= 0.6 is 22.6 Å². The molecule has 3 rings (SSSR count). The number of aliphatic hydroxyl groups excluding tert-OH is 3. The first-order valence-electron chi connectivity index (χ1n) is 12.7. The first kappa shape index (κ1) is 30.6. The van der Waals surface area contributed by atoms with Gasteiger partial charge in [-0.05, 0) is 58.3 Å². The Labute approximate surface area is 242 Å². The molecule has 3 unspecified atom stereocenters. The molecule has 0 radical (unpaired) electrons. The summed E-state index contributed by atoms with van der Waals surface area (Å²) in [4.78, 5) is 28.0. The van der Waals surface area contributed by atoms with Crippen LogP contribution in [-0.4, -0.2) is 70.5 Å². The van der Waals surface area contributed by atoms with Crippen molar-refractivity contribution in [2.45, 2.75) is 50.7 Å². The Kier molecular flexibility index (Phi) is 11.8. The van der Waals surface area contributed by atoms with Gasteiger partial charge in [0, 0.05) is 31.5 Å². The number of rotatable bonds is 13. The first-order chi connectivity index (χ1) is 18.8. The van der Waals surface area contributed by atoms with Crippen LogP contribution in [0.3, 0.4) is 0 Å². The van der Waals surface area contributed by atoms with Crippen LogP contribution in [0.1, 0.15) is 30.4 Å². The molecule has 0 saturated heterocycles. The molecule has 0 aliphatic heterocycles. The van der Waals surface area contributed by atoms with Crippen molar-refractivity contribution >= 4 is 34.4 Å². The van der Waals surface area contributed by atoms with Gasteiger partial charge in [0.25, 0.3) is 0 Å². The number of hydrogen-bond acceptors (Lipinski definition) is 7. The molecule has 0 heterocycles. The average molecular weight is 651 g/mol. The van der Waals surface area contributed by atoms with Gasteiger partial charge in [0.15, 0.2) is 11.5 Å². The van der Waals surface area contributed by atoms with Crippen LogP contribution in [0.2, 0.25) is 0 Å². The van der Waals surface area contributed by atoms with Crippen LogP contribution < -0.4 is 14.8 Å². The van der Waals surface area contributed by atoms with Crippen LogP contribution in [0.4, 0.5) is 0 Å². The standard InChI is InChI=1S/C29H35IN2O7/c1-3-4-10-26(35)32(17-19-8-6-5-7-9-19)23-15-21(29(37)31-11-12-33)16-24(27(23)36)39-28-22(30)13-20(18-34)14-25(28)38-2/h3,5-9,13-14,16,23-24,27,33-34,36H,1,4,10-12,15,17-18H2,2H3,(H,31,37). The number of carbonyl (C=O) groups is 2. The molecular formula is C29H35IN2O7. The van der Waals surface area contributed by atoms with Crippen LogP contribution in [0.25, 0.3) is 0 Å². The van der Waals surface area contributed by atoms with E-state index in [4.69, 9.17) is 9.47 Å². The molecule has 2 aromatic rings. The zero-order valence-electron chi connectivity index (χ0n) is 21.9. The maximum Gasteiger partial charge on any atom is 0.247 e. The highest BCUT2D eigenvalue weighted by molar-refractivity contribution is 14.1. The Morgan fingerprint density at radius 3 is 2.59 bits per heavy atom. The normalized spacial score (nSPS) is 18.6. The fraction of sp³-hybridized carbons (Fsp3) is 0.379. The lowest BCUT2D eigenvalue weighted by Gasteiger charge is -2.40. The Hall–Kier alpha value is -2.93. The summed E-state index contributed by atoms with van der Waals surface area (Å²) in [5.74, 6) is 0.116. The Bertz CT molecular complexity index is 1170. The summed E-state index contributed by atoms with van der Waals surface area (Å²) in [6.07, 6.45) is 1.83. The smallest absolute Gasteiger partial charge is 0.247 e. The zero-order chi connectivity index (χ0) is 28.4. The van der Waals surface area contributed by atoms with Crippen LogP contribution in [0.15, 0.2) is 66.8 Å². The molecule has 0 bridgehead atoms. The highest BCUT2D eigenvalue weighted by atomic mass is 127. The maximum atomic E-state index is 13.4. The van der Waals surface area contributed by atoms with Gasteiger partial charge in [-0.1, -0.05) is 36.4 Å². The van der Waals surface area contributed by atoms with Crippen molar-refractivity contribution in [3.8, 4) is 11.5 Å². The molecule has 1 aliphatic rings. The van der Waals surface area contributed by atoms with E-state index in [0.29, 0.717) is 32.6 Å². The molecule has 3 atom stereocenters. The Morgan fingerprint density at radius 2 is 1.95 bits per heavy atom. The lowest BCUT2D eigenvalue weighted by Crippen LogP contribution is -2.54. The van der Waals surface area contributed by atoms with E-state index in [1.807, 2.05) is 30.3 Å². The van der Waals surface area contributed by atoms with E-state index in [9.17, 15) is 24.9 Å². The van der Waals surface area contributed by atoms with Gasteiger partial charge in [-0.15, -0.1) is 6.58 Å². The number of aliphatic hydroxyl groups is 3. The number of allylic oxidation sites excluding steroid dienone is 1. The van der Waals surface area contributed by atoms with E-state index in [2.05, 4.69) is 34.5 Å². The van der Waals surface area contributed by atoms with Crippen molar-refractivity contribution in [1.82, 2.24) is 10.2 Å². The van der Waals surface area contributed by atoms with Crippen molar-refractivity contribution in [3.63, 3.8) is 0 Å². The van der Waals surface area contributed by atoms with Crippen LogP contribution in [-0.2, 0) is 22.7 Å². The second-order valence-corrected chi connectivity index (χ2v) is 10.3. The molecular weight excluding hydrogens is 615 g/mol. The minimum atomic E-state index is -1.17. The lowest BCUT2D eigenvalue weighted by atomic mass is 9.87. The number of halogens is 1. The summed E-state index contributed by atoms with van der Waals surface area (Å²) in [6, 6.07) is 12.1. The molecule has 9 nitrogen and oxygen atoms in total. The van der Waals surface area contributed by atoms with Gasteiger partial charge >= 0.3 is 0 Å². The van der Waals surface area contributed by atoms with Gasteiger partial charge in [0.1, 0.15) is 12.2 Å². The van der Waals surface area contributed by atoms with Crippen molar-refractivity contribution in [2.75, 3.05) is 20.3 Å². The summed E-state index contributed by atoms with van der Waals surface area (Å²) in [7, 11) is 1.48. The molecule has 210 valence electrons. The van der Waals surface area contributed by atoms with Crippen molar-refractivity contribution < 1.29 is 34.4 Å². The zero-order valence-corrected chi connectivity index (χ0v) is 24.0. The Morgan fingerprint density at radius 1 is 1.21 bits per heavy atom. The van der Waals surface area contributed by atoms with Crippen molar-refractivity contribution in [3.05, 3.63) is 81.5 Å². The molecule has 0 fully saturated rings. The van der Waals surface area contributed by atoms with Gasteiger partial charge in [0.05, 0.1) is 29.9 Å². The number of amides is 2.